The van der Waals surface area contributed by atoms with Crippen LogP contribution in [0, 0.1) is 11.8 Å². The first-order valence-electron chi connectivity index (χ1n) is 4.78. The Hall–Kier alpha value is -1.23. The molecule has 0 aromatic carbocycles. The van der Waals surface area contributed by atoms with Crippen molar-refractivity contribution >= 4 is 17.6 Å². The van der Waals surface area contributed by atoms with Gasteiger partial charge >= 0.3 is 0 Å². The maximum atomic E-state index is 11.3. The molecule has 0 radical (unpaired) electrons. The fraction of sp³-hybridized carbons (Fsp3) is 0.667. The molecule has 2 unspecified atom stereocenters. The number of aliphatic imine (C=N–C) groups is 1. The molecule has 1 saturated carbocycles. The number of hydrogen-bond donors (Lipinski definition) is 2. The van der Waals surface area contributed by atoms with Crippen LogP contribution < -0.4 is 11.1 Å². The quantitative estimate of drug-likeness (QED) is 0.578. The Morgan fingerprint density at radius 3 is 2.64 bits per heavy atom. The number of hydrogen-bond acceptors (Lipinski definition) is 3. The van der Waals surface area contributed by atoms with Crippen molar-refractivity contribution < 1.29 is 9.59 Å². The molecule has 1 aliphatic heterocycles. The molecule has 2 rings (SSSR count). The summed E-state index contributed by atoms with van der Waals surface area (Å²) in [5.41, 5.74) is 5.83. The van der Waals surface area contributed by atoms with Gasteiger partial charge in [-0.05, 0) is 25.7 Å². The third-order valence-corrected chi connectivity index (χ3v) is 2.69. The van der Waals surface area contributed by atoms with E-state index in [9.17, 15) is 9.59 Å². The average Bonchev–Trinajstić information content (AvgIpc) is 2.95. The second-order valence-electron chi connectivity index (χ2n) is 3.91. The maximum absolute atomic E-state index is 11.3. The van der Waals surface area contributed by atoms with Crippen molar-refractivity contribution in [2.75, 3.05) is 0 Å². The zero-order valence-electron chi connectivity index (χ0n) is 7.99. The number of amides is 2. The average molecular weight is 195 g/mol. The number of carbonyl (C=O) groups is 2. The van der Waals surface area contributed by atoms with Gasteiger partial charge in [0.2, 0.25) is 5.91 Å². The first-order chi connectivity index (χ1) is 6.59. The molecule has 3 N–H and O–H groups in total. The summed E-state index contributed by atoms with van der Waals surface area (Å²) in [7, 11) is 0. The van der Waals surface area contributed by atoms with E-state index < -0.39 is 5.92 Å². The van der Waals surface area contributed by atoms with Gasteiger partial charge in [-0.15, -0.1) is 0 Å². The van der Waals surface area contributed by atoms with Crippen molar-refractivity contribution in [1.82, 2.24) is 5.32 Å². The van der Waals surface area contributed by atoms with Crippen LogP contribution in [0.15, 0.2) is 4.99 Å². The number of nitrogens with one attached hydrogen (secondary N) is 1. The molecule has 2 atom stereocenters. The number of amidine groups is 1. The second kappa shape index (κ2) is 3.16. The molecule has 0 aromatic heterocycles. The molecule has 0 aromatic rings. The van der Waals surface area contributed by atoms with Crippen molar-refractivity contribution in [3.63, 3.8) is 0 Å². The summed E-state index contributed by atoms with van der Waals surface area (Å²) in [6, 6.07) is -0.282. The number of carbonyl (C=O) groups excluding carboxylic acids is 2. The van der Waals surface area contributed by atoms with Gasteiger partial charge in [0.15, 0.2) is 0 Å². The summed E-state index contributed by atoms with van der Waals surface area (Å²) in [4.78, 5) is 26.3. The minimum atomic E-state index is -0.676. The normalized spacial score (nSPS) is 29.6. The molecule has 1 fully saturated rings. The number of nitrogens with zero attached hydrogens (tertiary/aromatic N) is 1. The Labute approximate surface area is 81.8 Å². The summed E-state index contributed by atoms with van der Waals surface area (Å²) in [6.07, 6.45) is 2.11. The predicted octanol–water partition coefficient (Wildman–Crippen LogP) is -0.585. The minimum absolute atomic E-state index is 0.282. The first kappa shape index (κ1) is 9.33. The molecule has 1 aliphatic carbocycles. The van der Waals surface area contributed by atoms with E-state index in [2.05, 4.69) is 10.3 Å². The molecule has 5 heteroatoms. The summed E-state index contributed by atoms with van der Waals surface area (Å²) in [5.74, 6) is -0.628. The lowest BCUT2D eigenvalue weighted by Gasteiger charge is -2.21. The Kier molecular flexibility index (Phi) is 2.11. The van der Waals surface area contributed by atoms with Crippen LogP contribution in [-0.4, -0.2) is 23.7 Å². The molecule has 14 heavy (non-hydrogen) atoms. The van der Waals surface area contributed by atoms with E-state index in [-0.39, 0.29) is 17.9 Å². The van der Waals surface area contributed by atoms with Crippen LogP contribution in [0.4, 0.5) is 0 Å². The van der Waals surface area contributed by atoms with Gasteiger partial charge in [-0.2, -0.15) is 4.99 Å². The lowest BCUT2D eigenvalue weighted by atomic mass is 10.1. The molecule has 2 aliphatic rings. The van der Waals surface area contributed by atoms with E-state index in [1.807, 2.05) is 0 Å². The van der Waals surface area contributed by atoms with E-state index in [0.717, 1.165) is 12.8 Å². The van der Waals surface area contributed by atoms with Gasteiger partial charge in [-0.25, -0.2) is 0 Å². The minimum Gasteiger partial charge on any atom is -0.321 e. The third kappa shape index (κ3) is 1.55. The van der Waals surface area contributed by atoms with Gasteiger partial charge in [0.05, 0.1) is 6.04 Å². The second-order valence-corrected chi connectivity index (χ2v) is 3.91. The van der Waals surface area contributed by atoms with Crippen molar-refractivity contribution in [2.45, 2.75) is 25.8 Å². The molecule has 5 nitrogen and oxygen atoms in total. The third-order valence-electron chi connectivity index (χ3n) is 2.69. The van der Waals surface area contributed by atoms with Gasteiger partial charge < -0.3 is 11.1 Å². The summed E-state index contributed by atoms with van der Waals surface area (Å²) in [6.45, 7) is 1.54. The molecule has 76 valence electrons. The largest absolute Gasteiger partial charge is 0.321 e. The smallest absolute Gasteiger partial charge is 0.259 e. The van der Waals surface area contributed by atoms with Crippen molar-refractivity contribution in [3.8, 4) is 0 Å². The van der Waals surface area contributed by atoms with Crippen LogP contribution in [0.25, 0.3) is 0 Å². The Morgan fingerprint density at radius 1 is 1.50 bits per heavy atom. The predicted molar refractivity (Wildman–Crippen MR) is 50.4 cm³/mol. The molecule has 0 bridgehead atoms. The van der Waals surface area contributed by atoms with Crippen LogP contribution >= 0.6 is 0 Å². The van der Waals surface area contributed by atoms with E-state index in [1.165, 1.54) is 0 Å². The summed E-state index contributed by atoms with van der Waals surface area (Å²) in [5, 5.41) is 2.58. The van der Waals surface area contributed by atoms with Crippen molar-refractivity contribution in [3.05, 3.63) is 0 Å². The van der Waals surface area contributed by atoms with Gasteiger partial charge in [0.25, 0.3) is 5.91 Å². The molecular weight excluding hydrogens is 182 g/mol. The lowest BCUT2D eigenvalue weighted by Crippen LogP contribution is -2.51. The fourth-order valence-electron chi connectivity index (χ4n) is 1.43. The van der Waals surface area contributed by atoms with Crippen LogP contribution in [-0.2, 0) is 9.59 Å². The van der Waals surface area contributed by atoms with E-state index in [4.69, 9.17) is 5.73 Å². The van der Waals surface area contributed by atoms with Crippen LogP contribution in [0.5, 0.6) is 0 Å². The van der Waals surface area contributed by atoms with Gasteiger partial charge in [-0.3, -0.25) is 9.59 Å². The first-order valence-corrected chi connectivity index (χ1v) is 4.78. The summed E-state index contributed by atoms with van der Waals surface area (Å²) >= 11 is 0. The van der Waals surface area contributed by atoms with Crippen LogP contribution in [0.2, 0.25) is 0 Å². The van der Waals surface area contributed by atoms with Gasteiger partial charge in [0, 0.05) is 0 Å². The van der Waals surface area contributed by atoms with Gasteiger partial charge in [0.1, 0.15) is 11.8 Å². The summed E-state index contributed by atoms with van der Waals surface area (Å²) < 4.78 is 0. The standard InChI is InChI=1S/C9H13N3O2/c1-4-8(13)11-7(12-9(4)14)6(10)5-2-3-5/h4-6H,2-3,10H2,1H3,(H,11,12,13,14). The van der Waals surface area contributed by atoms with E-state index in [0.29, 0.717) is 11.8 Å². The Bertz CT molecular complexity index is 320. The zero-order chi connectivity index (χ0) is 10.3. The fourth-order valence-corrected chi connectivity index (χ4v) is 1.43. The Balaban J connectivity index is 2.15. The number of rotatable bonds is 2. The van der Waals surface area contributed by atoms with Crippen LogP contribution in [0.1, 0.15) is 19.8 Å². The van der Waals surface area contributed by atoms with Crippen LogP contribution in [0.3, 0.4) is 0 Å². The molecule has 0 spiro atoms. The highest BCUT2D eigenvalue weighted by molar-refractivity contribution is 6.17. The SMILES string of the molecule is CC1C(=O)N=C(C(N)C2CC2)NC1=O. The van der Waals surface area contributed by atoms with Gasteiger partial charge in [-0.1, -0.05) is 0 Å². The molecule has 2 amide bonds. The monoisotopic (exact) mass is 195 g/mol. The Morgan fingerprint density at radius 2 is 2.14 bits per heavy atom. The molecular formula is C9H13N3O2. The van der Waals surface area contributed by atoms with E-state index in [1.54, 1.807) is 6.92 Å². The van der Waals surface area contributed by atoms with E-state index >= 15 is 0 Å². The lowest BCUT2D eigenvalue weighted by molar-refractivity contribution is -0.132. The zero-order valence-corrected chi connectivity index (χ0v) is 7.99. The highest BCUT2D eigenvalue weighted by Crippen LogP contribution is 2.32. The topological polar surface area (TPSA) is 84.6 Å². The van der Waals surface area contributed by atoms with Crippen molar-refractivity contribution in [2.24, 2.45) is 22.6 Å². The maximum Gasteiger partial charge on any atom is 0.259 e. The number of nitrogens with two attached hydrogens (primary N) is 1. The molecule has 0 saturated heterocycles. The van der Waals surface area contributed by atoms with Crippen molar-refractivity contribution in [1.29, 1.82) is 0 Å². The highest BCUT2D eigenvalue weighted by atomic mass is 16.2. The molecule has 1 heterocycles. The highest BCUT2D eigenvalue weighted by Gasteiger charge is 2.36.